The van der Waals surface area contributed by atoms with Crippen LogP contribution in [0.4, 0.5) is 4.79 Å². The van der Waals surface area contributed by atoms with E-state index in [0.717, 1.165) is 24.8 Å². The van der Waals surface area contributed by atoms with Crippen molar-refractivity contribution in [1.29, 1.82) is 0 Å². The van der Waals surface area contributed by atoms with E-state index in [1.807, 2.05) is 56.3 Å². The van der Waals surface area contributed by atoms with Crippen LogP contribution in [0.1, 0.15) is 70.1 Å². The zero-order valence-electron chi connectivity index (χ0n) is 23.2. The Morgan fingerprint density at radius 2 is 1.58 bits per heavy atom. The molecule has 1 aliphatic rings. The van der Waals surface area contributed by atoms with Crippen LogP contribution in [0.5, 0.6) is 0 Å². The number of aryl methyl sites for hydroxylation is 1. The zero-order chi connectivity index (χ0) is 27.5. The lowest BCUT2D eigenvalue weighted by Gasteiger charge is -2.32. The second kappa shape index (κ2) is 14.7. The van der Waals surface area contributed by atoms with Gasteiger partial charge in [-0.15, -0.1) is 0 Å². The molecule has 0 saturated heterocycles. The Morgan fingerprint density at radius 1 is 0.895 bits per heavy atom. The standard InChI is InChI=1S/C31H43N3O4/c1-22(2)16-17-28(35)29(34-18-10-15-25-13-8-9-14-26(25)20-34)33-30(36)27(19-23(3)4)32-31(37)38-21-24-11-6-5-7-12-24/h5-9,11-14,22-23,27,29H,10,15-21H2,1-4H3,(H,32,37)(H,33,36)/t27-,29?/m1/s1. The molecule has 1 heterocycles. The predicted octanol–water partition coefficient (Wildman–Crippen LogP) is 5.22. The van der Waals surface area contributed by atoms with E-state index in [1.165, 1.54) is 11.1 Å². The fourth-order valence-corrected chi connectivity index (χ4v) is 4.73. The van der Waals surface area contributed by atoms with Crippen LogP contribution in [0.15, 0.2) is 54.6 Å². The Balaban J connectivity index is 1.73. The number of rotatable bonds is 12. The summed E-state index contributed by atoms with van der Waals surface area (Å²) >= 11 is 0. The van der Waals surface area contributed by atoms with Gasteiger partial charge in [-0.05, 0) is 54.2 Å². The first-order valence-corrected chi connectivity index (χ1v) is 13.8. The second-order valence-electron chi connectivity index (χ2n) is 11.0. The highest BCUT2D eigenvalue weighted by molar-refractivity contribution is 5.92. The molecule has 0 radical (unpaired) electrons. The molecule has 0 saturated carbocycles. The molecular formula is C31H43N3O4. The topological polar surface area (TPSA) is 87.7 Å². The minimum Gasteiger partial charge on any atom is -0.445 e. The van der Waals surface area contributed by atoms with Gasteiger partial charge in [0.25, 0.3) is 0 Å². The summed E-state index contributed by atoms with van der Waals surface area (Å²) in [5, 5.41) is 5.76. The Bertz CT molecular complexity index is 1050. The number of amides is 2. The van der Waals surface area contributed by atoms with Crippen LogP contribution in [0, 0.1) is 11.8 Å². The quantitative estimate of drug-likeness (QED) is 0.400. The summed E-state index contributed by atoms with van der Waals surface area (Å²) in [6, 6.07) is 16.9. The molecule has 2 aromatic rings. The van der Waals surface area contributed by atoms with Gasteiger partial charge in [0.2, 0.25) is 5.91 Å². The summed E-state index contributed by atoms with van der Waals surface area (Å²) in [4.78, 5) is 41.7. The second-order valence-corrected chi connectivity index (χ2v) is 11.0. The van der Waals surface area contributed by atoms with Crippen molar-refractivity contribution in [3.63, 3.8) is 0 Å². The van der Waals surface area contributed by atoms with Crippen molar-refractivity contribution in [2.75, 3.05) is 6.54 Å². The first-order chi connectivity index (χ1) is 18.2. The van der Waals surface area contributed by atoms with Crippen molar-refractivity contribution < 1.29 is 19.1 Å². The third-order valence-electron chi connectivity index (χ3n) is 6.83. The number of fused-ring (bicyclic) bond motifs is 1. The average molecular weight is 522 g/mol. The molecule has 0 bridgehead atoms. The van der Waals surface area contributed by atoms with Crippen LogP contribution in [-0.2, 0) is 33.9 Å². The van der Waals surface area contributed by atoms with Gasteiger partial charge in [0.15, 0.2) is 5.78 Å². The third-order valence-corrected chi connectivity index (χ3v) is 6.83. The summed E-state index contributed by atoms with van der Waals surface area (Å²) in [5.41, 5.74) is 3.34. The van der Waals surface area contributed by atoms with Crippen LogP contribution < -0.4 is 10.6 Å². The van der Waals surface area contributed by atoms with Crippen LogP contribution >= 0.6 is 0 Å². The lowest BCUT2D eigenvalue weighted by atomic mass is 10.0. The van der Waals surface area contributed by atoms with Gasteiger partial charge < -0.3 is 15.4 Å². The summed E-state index contributed by atoms with van der Waals surface area (Å²) in [5.74, 6) is 0.174. The number of nitrogens with one attached hydrogen (secondary N) is 2. The van der Waals surface area contributed by atoms with E-state index >= 15 is 0 Å². The normalized spacial score (nSPS) is 15.3. The molecular weight excluding hydrogens is 478 g/mol. The van der Waals surface area contributed by atoms with E-state index in [9.17, 15) is 14.4 Å². The molecule has 7 nitrogen and oxygen atoms in total. The van der Waals surface area contributed by atoms with E-state index in [2.05, 4.69) is 41.5 Å². The Kier molecular flexibility index (Phi) is 11.3. The van der Waals surface area contributed by atoms with Crippen molar-refractivity contribution in [2.24, 2.45) is 11.8 Å². The number of Topliss-reactive ketones (excluding diaryl/α,β-unsaturated/α-hetero) is 1. The SMILES string of the molecule is CC(C)CCC(=O)C(NC(=O)[C@@H](CC(C)C)NC(=O)OCc1ccccc1)N1CCCc2ccccc2C1. The molecule has 0 aliphatic carbocycles. The number of benzene rings is 2. The first-order valence-electron chi connectivity index (χ1n) is 13.8. The van der Waals surface area contributed by atoms with E-state index in [0.29, 0.717) is 31.8 Å². The van der Waals surface area contributed by atoms with Gasteiger partial charge in [0.05, 0.1) is 0 Å². The maximum absolute atomic E-state index is 13.6. The monoisotopic (exact) mass is 521 g/mol. The van der Waals surface area contributed by atoms with Crippen molar-refractivity contribution in [3.8, 4) is 0 Å². The Morgan fingerprint density at radius 3 is 2.26 bits per heavy atom. The smallest absolute Gasteiger partial charge is 0.408 e. The number of carbonyl (C=O) groups excluding carboxylic acids is 3. The fourth-order valence-electron chi connectivity index (χ4n) is 4.73. The summed E-state index contributed by atoms with van der Waals surface area (Å²) in [6.07, 6.45) is 2.03. The number of hydrogen-bond acceptors (Lipinski definition) is 5. The van der Waals surface area contributed by atoms with E-state index in [4.69, 9.17) is 4.74 Å². The summed E-state index contributed by atoms with van der Waals surface area (Å²) < 4.78 is 5.37. The van der Waals surface area contributed by atoms with Crippen LogP contribution in [0.3, 0.4) is 0 Å². The van der Waals surface area contributed by atoms with E-state index in [-0.39, 0.29) is 24.2 Å². The highest BCUT2D eigenvalue weighted by atomic mass is 16.5. The Hall–Kier alpha value is -3.19. The maximum atomic E-state index is 13.6. The molecule has 38 heavy (non-hydrogen) atoms. The maximum Gasteiger partial charge on any atom is 0.408 e. The van der Waals surface area contributed by atoms with Crippen molar-refractivity contribution in [2.45, 2.75) is 85.2 Å². The molecule has 1 aliphatic heterocycles. The zero-order valence-corrected chi connectivity index (χ0v) is 23.2. The number of nitrogens with zero attached hydrogens (tertiary/aromatic N) is 1. The largest absolute Gasteiger partial charge is 0.445 e. The van der Waals surface area contributed by atoms with Gasteiger partial charge in [-0.1, -0.05) is 82.3 Å². The molecule has 206 valence electrons. The van der Waals surface area contributed by atoms with Crippen LogP contribution in [-0.4, -0.2) is 41.4 Å². The average Bonchev–Trinajstić information content (AvgIpc) is 3.11. The Labute approximate surface area is 227 Å². The molecule has 0 spiro atoms. The summed E-state index contributed by atoms with van der Waals surface area (Å²) in [7, 11) is 0. The first kappa shape index (κ1) is 29.4. The molecule has 2 N–H and O–H groups in total. The van der Waals surface area contributed by atoms with Gasteiger partial charge >= 0.3 is 6.09 Å². The van der Waals surface area contributed by atoms with Crippen molar-refractivity contribution >= 4 is 17.8 Å². The van der Waals surface area contributed by atoms with Gasteiger partial charge in [-0.25, -0.2) is 4.79 Å². The van der Waals surface area contributed by atoms with Crippen molar-refractivity contribution in [1.82, 2.24) is 15.5 Å². The number of ketones is 1. The fraction of sp³-hybridized carbons (Fsp3) is 0.516. The van der Waals surface area contributed by atoms with Crippen LogP contribution in [0.2, 0.25) is 0 Å². The van der Waals surface area contributed by atoms with Gasteiger partial charge in [0.1, 0.15) is 18.8 Å². The minimum atomic E-state index is -0.807. The number of alkyl carbamates (subject to hydrolysis) is 1. The number of hydrogen-bond donors (Lipinski definition) is 2. The minimum absolute atomic E-state index is 0.00128. The molecule has 2 aromatic carbocycles. The third kappa shape index (κ3) is 9.28. The van der Waals surface area contributed by atoms with Crippen molar-refractivity contribution in [3.05, 3.63) is 71.3 Å². The lowest BCUT2D eigenvalue weighted by Crippen LogP contribution is -2.57. The van der Waals surface area contributed by atoms with E-state index in [1.54, 1.807) is 0 Å². The molecule has 7 heteroatoms. The van der Waals surface area contributed by atoms with Gasteiger partial charge in [0, 0.05) is 19.5 Å². The molecule has 2 amide bonds. The van der Waals surface area contributed by atoms with Crippen LogP contribution in [0.25, 0.3) is 0 Å². The van der Waals surface area contributed by atoms with E-state index < -0.39 is 18.3 Å². The molecule has 3 rings (SSSR count). The lowest BCUT2D eigenvalue weighted by molar-refractivity contribution is -0.133. The summed E-state index contributed by atoms with van der Waals surface area (Å²) in [6.45, 7) is 9.58. The van der Waals surface area contributed by atoms with Gasteiger partial charge in [-0.3, -0.25) is 14.5 Å². The predicted molar refractivity (Wildman–Crippen MR) is 149 cm³/mol. The molecule has 0 aromatic heterocycles. The molecule has 2 atom stereocenters. The number of ether oxygens (including phenoxy) is 1. The highest BCUT2D eigenvalue weighted by Gasteiger charge is 2.32. The molecule has 0 fully saturated rings. The highest BCUT2D eigenvalue weighted by Crippen LogP contribution is 2.21. The molecule has 1 unspecified atom stereocenters. The van der Waals surface area contributed by atoms with Gasteiger partial charge in [-0.2, -0.15) is 0 Å². The number of carbonyl (C=O) groups is 3.